The van der Waals surface area contributed by atoms with Crippen molar-refractivity contribution in [3.63, 3.8) is 0 Å². The predicted octanol–water partition coefficient (Wildman–Crippen LogP) is 5.35. The van der Waals surface area contributed by atoms with Crippen LogP contribution in [0.25, 0.3) is 11.3 Å². The molecule has 0 unspecified atom stereocenters. The van der Waals surface area contributed by atoms with Crippen molar-refractivity contribution < 1.29 is 4.79 Å². The molecule has 0 radical (unpaired) electrons. The van der Waals surface area contributed by atoms with Crippen LogP contribution in [0, 0.1) is 6.92 Å². The lowest BCUT2D eigenvalue weighted by molar-refractivity contribution is 0.102. The van der Waals surface area contributed by atoms with Crippen molar-refractivity contribution in [1.29, 1.82) is 0 Å². The molecular weight excluding hydrogens is 542 g/mol. The smallest absolute Gasteiger partial charge is 0.255 e. The van der Waals surface area contributed by atoms with E-state index >= 15 is 0 Å². The molecule has 38 heavy (non-hydrogen) atoms. The summed E-state index contributed by atoms with van der Waals surface area (Å²) in [6.45, 7) is 7.13. The summed E-state index contributed by atoms with van der Waals surface area (Å²) in [4.78, 5) is 31.0. The number of rotatable bonds is 7. The average molecular weight is 573 g/mol. The van der Waals surface area contributed by atoms with Crippen molar-refractivity contribution >= 4 is 39.0 Å². The molecule has 1 aliphatic rings. The normalized spacial score (nSPS) is 14.3. The minimum atomic E-state index is -0.162. The number of carbonyl (C=O) groups excluding carboxylic acids is 1. The Hall–Kier alpha value is -3.66. The van der Waals surface area contributed by atoms with Crippen molar-refractivity contribution in [3.8, 4) is 11.3 Å². The summed E-state index contributed by atoms with van der Waals surface area (Å²) in [6, 6.07) is 15.4. The van der Waals surface area contributed by atoms with Crippen molar-refractivity contribution in [2.75, 3.05) is 43.9 Å². The molecule has 9 heteroatoms. The van der Waals surface area contributed by atoms with Gasteiger partial charge in [-0.05, 0) is 61.5 Å². The second-order valence-electron chi connectivity index (χ2n) is 9.53. The van der Waals surface area contributed by atoms with Gasteiger partial charge in [0.05, 0.1) is 18.1 Å². The Kier molecular flexibility index (Phi) is 8.07. The number of anilines is 3. The third-order valence-electron chi connectivity index (χ3n) is 6.66. The number of piperazine rings is 1. The summed E-state index contributed by atoms with van der Waals surface area (Å²) in [6.07, 6.45) is 6.86. The van der Waals surface area contributed by atoms with E-state index in [-0.39, 0.29) is 5.91 Å². The van der Waals surface area contributed by atoms with Crippen molar-refractivity contribution in [2.45, 2.75) is 13.5 Å². The summed E-state index contributed by atoms with van der Waals surface area (Å²) < 4.78 is 0.947. The number of hydrogen-bond donors (Lipinski definition) is 2. The van der Waals surface area contributed by atoms with Crippen LogP contribution in [0.2, 0.25) is 0 Å². The van der Waals surface area contributed by atoms with Gasteiger partial charge in [0.25, 0.3) is 5.91 Å². The molecule has 0 aliphatic carbocycles. The molecule has 0 bridgehead atoms. The topological polar surface area (TPSA) is 86.3 Å². The fraction of sp³-hybridized carbons (Fsp3) is 0.241. The largest absolute Gasteiger partial charge is 0.339 e. The lowest BCUT2D eigenvalue weighted by Gasteiger charge is -2.32. The molecule has 4 aromatic rings. The number of hydrogen-bond acceptors (Lipinski definition) is 7. The number of aromatic nitrogens is 3. The molecule has 1 amide bonds. The van der Waals surface area contributed by atoms with Gasteiger partial charge >= 0.3 is 0 Å². The van der Waals surface area contributed by atoms with Crippen molar-refractivity contribution in [2.24, 2.45) is 0 Å². The predicted molar refractivity (Wildman–Crippen MR) is 155 cm³/mol. The molecule has 2 aromatic heterocycles. The summed E-state index contributed by atoms with van der Waals surface area (Å²) >= 11 is 3.68. The van der Waals surface area contributed by atoms with E-state index < -0.39 is 0 Å². The molecule has 194 valence electrons. The first-order valence-electron chi connectivity index (χ1n) is 12.6. The Morgan fingerprint density at radius 3 is 2.61 bits per heavy atom. The van der Waals surface area contributed by atoms with Crippen LogP contribution in [0.4, 0.5) is 17.2 Å². The number of nitrogens with one attached hydrogen (secondary N) is 2. The minimum absolute atomic E-state index is 0.162. The van der Waals surface area contributed by atoms with Gasteiger partial charge in [0.15, 0.2) is 0 Å². The molecule has 0 saturated carbocycles. The molecule has 5 rings (SSSR count). The highest BCUT2D eigenvalue weighted by Crippen LogP contribution is 2.26. The van der Waals surface area contributed by atoms with Gasteiger partial charge in [-0.3, -0.25) is 19.7 Å². The van der Waals surface area contributed by atoms with Gasteiger partial charge in [0, 0.05) is 72.1 Å². The zero-order valence-corrected chi connectivity index (χ0v) is 23.1. The zero-order valence-electron chi connectivity index (χ0n) is 21.5. The van der Waals surface area contributed by atoms with E-state index in [0.717, 1.165) is 59.7 Å². The molecule has 0 spiro atoms. The Labute approximate surface area is 231 Å². The van der Waals surface area contributed by atoms with Crippen LogP contribution in [0.5, 0.6) is 0 Å². The first kappa shape index (κ1) is 26.0. The maximum absolute atomic E-state index is 13.1. The van der Waals surface area contributed by atoms with Crippen LogP contribution < -0.4 is 10.6 Å². The highest BCUT2D eigenvalue weighted by molar-refractivity contribution is 9.10. The quantitative estimate of drug-likeness (QED) is 0.309. The number of aryl methyl sites for hydroxylation is 1. The molecule has 1 aliphatic heterocycles. The van der Waals surface area contributed by atoms with E-state index in [0.29, 0.717) is 17.1 Å². The fourth-order valence-electron chi connectivity index (χ4n) is 4.32. The Morgan fingerprint density at radius 1 is 1.00 bits per heavy atom. The van der Waals surface area contributed by atoms with E-state index in [1.807, 2.05) is 55.5 Å². The SMILES string of the molecule is Cc1ccc(NC(=O)c2ccc(CN3CCN(C)CC3)c(Br)c2)cc1Nc1cncc(-c2cccnc2)n1. The summed E-state index contributed by atoms with van der Waals surface area (Å²) in [5, 5.41) is 6.36. The standard InChI is InChI=1S/C29H30BrN7O/c1-20-5-8-24(15-26(20)34-28-18-32-17-27(35-28)22-4-3-9-31-16-22)33-29(38)21-6-7-23(25(30)14-21)19-37-12-10-36(2)11-13-37/h3-9,14-18H,10-13,19H2,1-2H3,(H,33,38)(H,34,35). The fourth-order valence-corrected chi connectivity index (χ4v) is 4.82. The highest BCUT2D eigenvalue weighted by atomic mass is 79.9. The third-order valence-corrected chi connectivity index (χ3v) is 7.39. The molecule has 3 heterocycles. The molecule has 2 N–H and O–H groups in total. The lowest BCUT2D eigenvalue weighted by Crippen LogP contribution is -2.43. The average Bonchev–Trinajstić information content (AvgIpc) is 2.93. The Bertz CT molecular complexity index is 1420. The van der Waals surface area contributed by atoms with Crippen LogP contribution in [-0.4, -0.2) is 63.9 Å². The first-order chi connectivity index (χ1) is 18.4. The lowest BCUT2D eigenvalue weighted by atomic mass is 10.1. The van der Waals surface area contributed by atoms with Crippen LogP contribution in [0.15, 0.2) is 77.8 Å². The summed E-state index contributed by atoms with van der Waals surface area (Å²) in [5.41, 5.74) is 5.95. The number of nitrogens with zero attached hydrogens (tertiary/aromatic N) is 5. The highest BCUT2D eigenvalue weighted by Gasteiger charge is 2.16. The first-order valence-corrected chi connectivity index (χ1v) is 13.3. The number of carbonyl (C=O) groups is 1. The van der Waals surface area contributed by atoms with Gasteiger partial charge in [-0.15, -0.1) is 0 Å². The van der Waals surface area contributed by atoms with Gasteiger partial charge in [-0.2, -0.15) is 0 Å². The van der Waals surface area contributed by atoms with Gasteiger partial charge in [-0.25, -0.2) is 4.98 Å². The Morgan fingerprint density at radius 2 is 1.84 bits per heavy atom. The van der Waals surface area contributed by atoms with Crippen LogP contribution in [-0.2, 0) is 6.54 Å². The van der Waals surface area contributed by atoms with Gasteiger partial charge in [0.2, 0.25) is 0 Å². The van der Waals surface area contributed by atoms with E-state index in [1.165, 1.54) is 5.56 Å². The molecule has 1 saturated heterocycles. The summed E-state index contributed by atoms with van der Waals surface area (Å²) in [7, 11) is 2.16. The van der Waals surface area contributed by atoms with Crippen LogP contribution >= 0.6 is 15.9 Å². The number of pyridine rings is 1. The number of likely N-dealkylation sites (N-methyl/N-ethyl adjacent to an activating group) is 1. The van der Waals surface area contributed by atoms with Crippen LogP contribution in [0.1, 0.15) is 21.5 Å². The maximum atomic E-state index is 13.1. The Balaban J connectivity index is 1.26. The van der Waals surface area contributed by atoms with Gasteiger partial charge in [-0.1, -0.05) is 28.1 Å². The maximum Gasteiger partial charge on any atom is 0.255 e. The van der Waals surface area contributed by atoms with E-state index in [2.05, 4.69) is 58.4 Å². The zero-order chi connectivity index (χ0) is 26.5. The minimum Gasteiger partial charge on any atom is -0.339 e. The third kappa shape index (κ3) is 6.42. The van der Waals surface area contributed by atoms with E-state index in [4.69, 9.17) is 0 Å². The monoisotopic (exact) mass is 571 g/mol. The summed E-state index contributed by atoms with van der Waals surface area (Å²) in [5.74, 6) is 0.447. The van der Waals surface area contributed by atoms with Gasteiger partial charge < -0.3 is 15.5 Å². The second kappa shape index (κ2) is 11.8. The van der Waals surface area contributed by atoms with E-state index in [9.17, 15) is 4.79 Å². The molecular formula is C29H30BrN7O. The van der Waals surface area contributed by atoms with Crippen molar-refractivity contribution in [1.82, 2.24) is 24.8 Å². The molecule has 8 nitrogen and oxygen atoms in total. The van der Waals surface area contributed by atoms with E-state index in [1.54, 1.807) is 24.8 Å². The van der Waals surface area contributed by atoms with Crippen LogP contribution in [0.3, 0.4) is 0 Å². The second-order valence-corrected chi connectivity index (χ2v) is 10.4. The molecule has 1 fully saturated rings. The molecule has 0 atom stereocenters. The number of amides is 1. The number of benzene rings is 2. The van der Waals surface area contributed by atoms with Gasteiger partial charge in [0.1, 0.15) is 5.82 Å². The molecule has 2 aromatic carbocycles. The van der Waals surface area contributed by atoms with Crippen molar-refractivity contribution in [3.05, 3.63) is 94.5 Å². The number of halogens is 1.